The molecule has 0 amide bonds. The smallest absolute Gasteiger partial charge is 0.137 e. The van der Waals surface area contributed by atoms with Crippen LogP contribution in [0.5, 0.6) is 0 Å². The predicted molar refractivity (Wildman–Crippen MR) is 70.0 cm³/mol. The van der Waals surface area contributed by atoms with Gasteiger partial charge in [0.2, 0.25) is 0 Å². The predicted octanol–water partition coefficient (Wildman–Crippen LogP) is 4.94. The van der Waals surface area contributed by atoms with Crippen molar-refractivity contribution >= 4 is 31.9 Å². The first kappa shape index (κ1) is 13.2. The molecule has 0 bridgehead atoms. The maximum absolute atomic E-state index is 13.3. The van der Waals surface area contributed by atoms with E-state index in [1.807, 2.05) is 6.07 Å². The summed E-state index contributed by atoms with van der Waals surface area (Å²) in [6.45, 7) is 4.30. The third-order valence-electron chi connectivity index (χ3n) is 2.69. The van der Waals surface area contributed by atoms with E-state index in [4.69, 9.17) is 0 Å². The van der Waals surface area contributed by atoms with Crippen LogP contribution in [0.3, 0.4) is 0 Å². The van der Waals surface area contributed by atoms with Gasteiger partial charge in [0.25, 0.3) is 0 Å². The van der Waals surface area contributed by atoms with Crippen LogP contribution in [0.2, 0.25) is 0 Å². The van der Waals surface area contributed by atoms with Crippen LogP contribution in [0.25, 0.3) is 0 Å². The zero-order valence-electron chi connectivity index (χ0n) is 8.93. The zero-order valence-corrected chi connectivity index (χ0v) is 12.1. The van der Waals surface area contributed by atoms with Gasteiger partial charge in [-0.2, -0.15) is 0 Å². The van der Waals surface area contributed by atoms with Crippen LogP contribution in [0.15, 0.2) is 22.7 Å². The molecule has 1 aromatic rings. The first-order valence-electron chi connectivity index (χ1n) is 5.13. The van der Waals surface area contributed by atoms with Gasteiger partial charge in [0, 0.05) is 4.83 Å². The van der Waals surface area contributed by atoms with Gasteiger partial charge in [0.15, 0.2) is 0 Å². The van der Waals surface area contributed by atoms with Crippen molar-refractivity contribution in [3.63, 3.8) is 0 Å². The van der Waals surface area contributed by atoms with Gasteiger partial charge in [-0.3, -0.25) is 0 Å². The Bertz CT molecular complexity index is 323. The lowest BCUT2D eigenvalue weighted by Crippen LogP contribution is -2.13. The van der Waals surface area contributed by atoms with Gasteiger partial charge in [0.1, 0.15) is 5.82 Å². The Morgan fingerprint density at radius 3 is 2.60 bits per heavy atom. The highest BCUT2D eigenvalue weighted by molar-refractivity contribution is 9.10. The molecule has 0 heterocycles. The largest absolute Gasteiger partial charge is 0.206 e. The van der Waals surface area contributed by atoms with E-state index in [0.717, 1.165) is 18.4 Å². The fraction of sp³-hybridized carbons (Fsp3) is 0.500. The number of benzene rings is 1. The molecule has 0 fully saturated rings. The fourth-order valence-corrected chi connectivity index (χ4v) is 2.61. The third-order valence-corrected chi connectivity index (χ3v) is 4.32. The topological polar surface area (TPSA) is 0 Å². The van der Waals surface area contributed by atoms with Gasteiger partial charge in [0.05, 0.1) is 4.47 Å². The molecule has 0 saturated carbocycles. The van der Waals surface area contributed by atoms with Crippen molar-refractivity contribution in [1.82, 2.24) is 0 Å². The second kappa shape index (κ2) is 6.00. The maximum atomic E-state index is 13.3. The van der Waals surface area contributed by atoms with E-state index in [0.29, 0.717) is 15.2 Å². The second-order valence-electron chi connectivity index (χ2n) is 3.76. The molecule has 84 valence electrons. The van der Waals surface area contributed by atoms with E-state index in [9.17, 15) is 4.39 Å². The number of rotatable bonds is 4. The minimum Gasteiger partial charge on any atom is -0.206 e. The number of hydrogen-bond acceptors (Lipinski definition) is 0. The summed E-state index contributed by atoms with van der Waals surface area (Å²) in [6.07, 6.45) is 2.00. The third kappa shape index (κ3) is 3.56. The van der Waals surface area contributed by atoms with Crippen LogP contribution in [0.4, 0.5) is 4.39 Å². The molecule has 2 unspecified atom stereocenters. The average molecular weight is 338 g/mol. The zero-order chi connectivity index (χ0) is 11.4. The van der Waals surface area contributed by atoms with Crippen LogP contribution in [-0.2, 0) is 6.42 Å². The Hall–Kier alpha value is 0.110. The van der Waals surface area contributed by atoms with E-state index >= 15 is 0 Å². The normalized spacial score (nSPS) is 15.0. The van der Waals surface area contributed by atoms with Crippen molar-refractivity contribution in [2.45, 2.75) is 31.5 Å². The summed E-state index contributed by atoms with van der Waals surface area (Å²) in [5, 5.41) is 0. The molecule has 15 heavy (non-hydrogen) atoms. The van der Waals surface area contributed by atoms with Gasteiger partial charge in [-0.25, -0.2) is 4.39 Å². The van der Waals surface area contributed by atoms with Crippen molar-refractivity contribution in [3.8, 4) is 0 Å². The Morgan fingerprint density at radius 1 is 1.40 bits per heavy atom. The lowest BCUT2D eigenvalue weighted by molar-refractivity contribution is 0.504. The second-order valence-corrected chi connectivity index (χ2v) is 6.00. The monoisotopic (exact) mass is 336 g/mol. The van der Waals surface area contributed by atoms with E-state index in [-0.39, 0.29) is 5.82 Å². The first-order valence-corrected chi connectivity index (χ1v) is 6.84. The van der Waals surface area contributed by atoms with Crippen LogP contribution >= 0.6 is 31.9 Å². The molecule has 0 aliphatic heterocycles. The van der Waals surface area contributed by atoms with Crippen LogP contribution in [0.1, 0.15) is 25.8 Å². The van der Waals surface area contributed by atoms with Crippen molar-refractivity contribution in [3.05, 3.63) is 34.1 Å². The molecule has 0 nitrogen and oxygen atoms in total. The van der Waals surface area contributed by atoms with E-state index in [1.165, 1.54) is 6.07 Å². The summed E-state index contributed by atoms with van der Waals surface area (Å²) in [7, 11) is 0. The quantitative estimate of drug-likeness (QED) is 0.682. The summed E-state index contributed by atoms with van der Waals surface area (Å²) < 4.78 is 13.9. The summed E-state index contributed by atoms with van der Waals surface area (Å²) in [5.74, 6) is 0.368. The van der Waals surface area contributed by atoms with Crippen LogP contribution in [-0.4, -0.2) is 4.83 Å². The highest BCUT2D eigenvalue weighted by Gasteiger charge is 2.15. The highest BCUT2D eigenvalue weighted by Crippen LogP contribution is 2.27. The van der Waals surface area contributed by atoms with Crippen LogP contribution in [0, 0.1) is 11.7 Å². The molecule has 0 aliphatic rings. The molecule has 0 radical (unpaired) electrons. The SMILES string of the molecule is CCC(Cc1cccc(F)c1Br)C(C)Br. The molecule has 0 aromatic heterocycles. The van der Waals surface area contributed by atoms with E-state index in [1.54, 1.807) is 6.07 Å². The molecular weight excluding hydrogens is 323 g/mol. The molecule has 1 rings (SSSR count). The first-order chi connectivity index (χ1) is 7.06. The van der Waals surface area contributed by atoms with Crippen molar-refractivity contribution in [1.29, 1.82) is 0 Å². The van der Waals surface area contributed by atoms with Crippen molar-refractivity contribution in [2.75, 3.05) is 0 Å². The Labute approximate surface area is 108 Å². The Balaban J connectivity index is 2.84. The van der Waals surface area contributed by atoms with Gasteiger partial charge < -0.3 is 0 Å². The Morgan fingerprint density at radius 2 is 2.07 bits per heavy atom. The minimum absolute atomic E-state index is 0.176. The number of halogens is 3. The maximum Gasteiger partial charge on any atom is 0.137 e. The minimum atomic E-state index is -0.176. The standard InChI is InChI=1S/C12H15Br2F/c1-3-9(8(2)13)7-10-5-4-6-11(15)12(10)14/h4-6,8-9H,3,7H2,1-2H3. The van der Waals surface area contributed by atoms with Crippen molar-refractivity contribution < 1.29 is 4.39 Å². The van der Waals surface area contributed by atoms with Gasteiger partial charge in [-0.1, -0.05) is 48.3 Å². The molecule has 0 N–H and O–H groups in total. The molecule has 1 aromatic carbocycles. The van der Waals surface area contributed by atoms with Gasteiger partial charge in [-0.15, -0.1) is 0 Å². The average Bonchev–Trinajstić information content (AvgIpc) is 2.19. The Kier molecular flexibility index (Phi) is 5.27. The van der Waals surface area contributed by atoms with Gasteiger partial charge >= 0.3 is 0 Å². The number of alkyl halides is 1. The van der Waals surface area contributed by atoms with E-state index in [2.05, 4.69) is 45.7 Å². The summed E-state index contributed by atoms with van der Waals surface area (Å²) in [4.78, 5) is 0.456. The lowest BCUT2D eigenvalue weighted by atomic mass is 9.94. The molecule has 0 saturated heterocycles. The highest BCUT2D eigenvalue weighted by atomic mass is 79.9. The molecule has 0 spiro atoms. The van der Waals surface area contributed by atoms with Crippen LogP contribution < -0.4 is 0 Å². The van der Waals surface area contributed by atoms with Crippen molar-refractivity contribution in [2.24, 2.45) is 5.92 Å². The lowest BCUT2D eigenvalue weighted by Gasteiger charge is -2.18. The van der Waals surface area contributed by atoms with Gasteiger partial charge in [-0.05, 0) is 39.9 Å². The summed E-state index contributed by atoms with van der Waals surface area (Å²) in [5.41, 5.74) is 1.05. The number of hydrogen-bond donors (Lipinski definition) is 0. The summed E-state index contributed by atoms with van der Waals surface area (Å²) >= 11 is 6.89. The fourth-order valence-electron chi connectivity index (χ4n) is 1.62. The molecule has 2 atom stereocenters. The van der Waals surface area contributed by atoms with E-state index < -0.39 is 0 Å². The molecular formula is C12H15Br2F. The summed E-state index contributed by atoms with van der Waals surface area (Å²) in [6, 6.07) is 5.22. The molecule has 3 heteroatoms. The molecule has 0 aliphatic carbocycles.